The molecule has 26 heavy (non-hydrogen) atoms. The van der Waals surface area contributed by atoms with Gasteiger partial charge in [-0.25, -0.2) is 0 Å². The summed E-state index contributed by atoms with van der Waals surface area (Å²) < 4.78 is 42.7. The summed E-state index contributed by atoms with van der Waals surface area (Å²) in [5, 5.41) is 8.20. The Bertz CT molecular complexity index is 900. The van der Waals surface area contributed by atoms with Gasteiger partial charge in [0.05, 0.1) is 12.1 Å². The summed E-state index contributed by atoms with van der Waals surface area (Å²) >= 11 is 1.50. The monoisotopic (exact) mass is 379 g/mol. The maximum Gasteiger partial charge on any atom is 0.416 e. The molecule has 5 nitrogen and oxygen atoms in total. The van der Waals surface area contributed by atoms with Crippen molar-refractivity contribution >= 4 is 23.3 Å². The average molecular weight is 379 g/mol. The Kier molecular flexibility index (Phi) is 5.17. The van der Waals surface area contributed by atoms with Crippen molar-refractivity contribution in [3.63, 3.8) is 0 Å². The minimum Gasteiger partial charge on any atom is -0.343 e. The summed E-state index contributed by atoms with van der Waals surface area (Å²) in [4.78, 5) is 16.7. The van der Waals surface area contributed by atoms with Crippen molar-refractivity contribution in [3.8, 4) is 11.4 Å². The number of alkyl halides is 3. The van der Waals surface area contributed by atoms with Crippen LogP contribution in [0.1, 0.15) is 16.3 Å². The van der Waals surface area contributed by atoms with Crippen molar-refractivity contribution in [2.45, 2.75) is 12.7 Å². The first kappa shape index (κ1) is 17.9. The van der Waals surface area contributed by atoms with E-state index in [0.29, 0.717) is 5.56 Å². The average Bonchev–Trinajstić information content (AvgIpc) is 3.29. The number of amides is 1. The molecule has 0 aliphatic heterocycles. The second kappa shape index (κ2) is 7.52. The number of hydrogen-bond donors (Lipinski definition) is 1. The van der Waals surface area contributed by atoms with Crippen molar-refractivity contribution < 1.29 is 22.5 Å². The topological polar surface area (TPSA) is 68.0 Å². The van der Waals surface area contributed by atoms with Gasteiger partial charge in [0, 0.05) is 16.5 Å². The molecule has 2 heterocycles. The number of nitrogens with one attached hydrogen (secondary N) is 1. The van der Waals surface area contributed by atoms with Crippen LogP contribution in [0.3, 0.4) is 0 Å². The number of halogens is 3. The van der Waals surface area contributed by atoms with Crippen LogP contribution in [0.5, 0.6) is 0 Å². The third-order valence-corrected chi connectivity index (χ3v) is 4.13. The van der Waals surface area contributed by atoms with E-state index in [-0.39, 0.29) is 24.2 Å². The quantitative estimate of drug-likeness (QED) is 0.677. The van der Waals surface area contributed by atoms with Gasteiger partial charge in [-0.05, 0) is 29.7 Å². The van der Waals surface area contributed by atoms with Gasteiger partial charge in [-0.3, -0.25) is 4.79 Å². The molecule has 1 amide bonds. The molecular formula is C17H12F3N3O2S. The number of carbonyl (C=O) groups is 1. The number of aromatic nitrogens is 2. The van der Waals surface area contributed by atoms with Crippen molar-refractivity contribution in [3.05, 3.63) is 64.2 Å². The summed E-state index contributed by atoms with van der Waals surface area (Å²) in [6.45, 7) is 0.0151. The zero-order chi connectivity index (χ0) is 18.6. The molecule has 0 spiro atoms. The van der Waals surface area contributed by atoms with Crippen molar-refractivity contribution in [1.82, 2.24) is 15.5 Å². The number of thiophene rings is 1. The van der Waals surface area contributed by atoms with Crippen LogP contribution in [0.15, 0.2) is 52.4 Å². The zero-order valence-electron chi connectivity index (χ0n) is 13.2. The van der Waals surface area contributed by atoms with E-state index >= 15 is 0 Å². The van der Waals surface area contributed by atoms with Gasteiger partial charge < -0.3 is 9.84 Å². The molecule has 0 saturated heterocycles. The first-order valence-electron chi connectivity index (χ1n) is 7.41. The van der Waals surface area contributed by atoms with Crippen molar-refractivity contribution in [2.75, 3.05) is 0 Å². The van der Waals surface area contributed by atoms with Gasteiger partial charge >= 0.3 is 6.18 Å². The summed E-state index contributed by atoms with van der Waals surface area (Å²) in [6.07, 6.45) is -1.33. The van der Waals surface area contributed by atoms with Gasteiger partial charge in [-0.1, -0.05) is 23.4 Å². The Hall–Kier alpha value is -2.94. The Morgan fingerprint density at radius 2 is 2.00 bits per heavy atom. The molecule has 1 N–H and O–H groups in total. The Labute approximate surface area is 150 Å². The molecule has 0 radical (unpaired) electrons. The summed E-state index contributed by atoms with van der Waals surface area (Å²) in [5.74, 6) is -0.0254. The lowest BCUT2D eigenvalue weighted by atomic mass is 10.1. The molecule has 3 aromatic rings. The van der Waals surface area contributed by atoms with Crippen LogP contribution < -0.4 is 5.32 Å². The Balaban J connectivity index is 1.58. The smallest absolute Gasteiger partial charge is 0.343 e. The zero-order valence-corrected chi connectivity index (χ0v) is 14.0. The molecule has 0 aliphatic rings. The van der Waals surface area contributed by atoms with Gasteiger partial charge in [0.15, 0.2) is 0 Å². The standard InChI is InChI=1S/C17H12F3N3O2S/c18-17(19,20)12-5-3-11(4-6-12)16-22-15(25-23-16)10-21-14(24)8-7-13-2-1-9-26-13/h1-9H,10H2,(H,21,24)/b8-7+. The van der Waals surface area contributed by atoms with Crippen molar-refractivity contribution in [1.29, 1.82) is 0 Å². The lowest BCUT2D eigenvalue weighted by Gasteiger charge is -2.05. The highest BCUT2D eigenvalue weighted by Crippen LogP contribution is 2.30. The molecule has 0 saturated carbocycles. The van der Waals surface area contributed by atoms with Gasteiger partial charge in [0.2, 0.25) is 17.6 Å². The summed E-state index contributed by atoms with van der Waals surface area (Å²) in [6, 6.07) is 8.18. The van der Waals surface area contributed by atoms with E-state index in [9.17, 15) is 18.0 Å². The fourth-order valence-corrected chi connectivity index (χ4v) is 2.64. The van der Waals surface area contributed by atoms with Crippen LogP contribution in [0, 0.1) is 0 Å². The van der Waals surface area contributed by atoms with Crippen LogP contribution in [0.25, 0.3) is 17.5 Å². The molecule has 0 unspecified atom stereocenters. The molecular weight excluding hydrogens is 367 g/mol. The van der Waals surface area contributed by atoms with E-state index in [4.69, 9.17) is 4.52 Å². The van der Waals surface area contributed by atoms with Crippen LogP contribution in [-0.4, -0.2) is 16.0 Å². The van der Waals surface area contributed by atoms with Gasteiger partial charge in [-0.2, -0.15) is 18.2 Å². The van der Waals surface area contributed by atoms with Gasteiger partial charge in [0.25, 0.3) is 0 Å². The Morgan fingerprint density at radius 3 is 2.65 bits per heavy atom. The number of carbonyl (C=O) groups excluding carboxylic acids is 1. The lowest BCUT2D eigenvalue weighted by Crippen LogP contribution is -2.20. The largest absolute Gasteiger partial charge is 0.416 e. The molecule has 2 aromatic heterocycles. The SMILES string of the molecule is O=C(/C=C/c1cccs1)NCc1nc(-c2ccc(C(F)(F)F)cc2)no1. The molecule has 0 bridgehead atoms. The number of nitrogens with zero attached hydrogens (tertiary/aromatic N) is 2. The minimum absolute atomic E-state index is 0.0151. The molecule has 134 valence electrons. The molecule has 3 rings (SSSR count). The molecule has 0 fully saturated rings. The summed E-state index contributed by atoms with van der Waals surface area (Å²) in [5.41, 5.74) is -0.369. The summed E-state index contributed by atoms with van der Waals surface area (Å²) in [7, 11) is 0. The first-order chi connectivity index (χ1) is 12.4. The number of hydrogen-bond acceptors (Lipinski definition) is 5. The number of rotatable bonds is 5. The first-order valence-corrected chi connectivity index (χ1v) is 8.29. The lowest BCUT2D eigenvalue weighted by molar-refractivity contribution is -0.137. The van der Waals surface area contributed by atoms with Crippen LogP contribution in [0.2, 0.25) is 0 Å². The minimum atomic E-state index is -4.40. The van der Waals surface area contributed by atoms with Crippen LogP contribution in [0.4, 0.5) is 13.2 Å². The molecule has 0 aliphatic carbocycles. The second-order valence-corrected chi connectivity index (χ2v) is 6.13. The van der Waals surface area contributed by atoms with E-state index in [1.807, 2.05) is 17.5 Å². The van der Waals surface area contributed by atoms with Crippen molar-refractivity contribution in [2.24, 2.45) is 0 Å². The fourth-order valence-electron chi connectivity index (χ4n) is 2.02. The second-order valence-electron chi connectivity index (χ2n) is 5.15. The third-order valence-electron chi connectivity index (χ3n) is 3.29. The van der Waals surface area contributed by atoms with E-state index in [1.165, 1.54) is 29.5 Å². The fraction of sp³-hybridized carbons (Fsp3) is 0.118. The predicted molar refractivity (Wildman–Crippen MR) is 89.9 cm³/mol. The third kappa shape index (κ3) is 4.57. The van der Waals surface area contributed by atoms with E-state index in [1.54, 1.807) is 6.08 Å². The highest BCUT2D eigenvalue weighted by atomic mass is 32.1. The van der Waals surface area contributed by atoms with Crippen LogP contribution >= 0.6 is 11.3 Å². The van der Waals surface area contributed by atoms with Gasteiger partial charge in [0.1, 0.15) is 0 Å². The van der Waals surface area contributed by atoms with E-state index in [0.717, 1.165) is 17.0 Å². The van der Waals surface area contributed by atoms with Crippen LogP contribution in [-0.2, 0) is 17.5 Å². The molecule has 0 atom stereocenters. The number of benzene rings is 1. The van der Waals surface area contributed by atoms with E-state index < -0.39 is 11.7 Å². The van der Waals surface area contributed by atoms with Gasteiger partial charge in [-0.15, -0.1) is 11.3 Å². The predicted octanol–water partition coefficient (Wildman–Crippen LogP) is 4.15. The van der Waals surface area contributed by atoms with E-state index in [2.05, 4.69) is 15.5 Å². The Morgan fingerprint density at radius 1 is 1.23 bits per heavy atom. The highest BCUT2D eigenvalue weighted by molar-refractivity contribution is 7.10. The molecule has 9 heteroatoms. The molecule has 1 aromatic carbocycles. The maximum absolute atomic E-state index is 12.6. The normalized spacial score (nSPS) is 11.8. The highest BCUT2D eigenvalue weighted by Gasteiger charge is 2.30. The maximum atomic E-state index is 12.6.